The van der Waals surface area contributed by atoms with Gasteiger partial charge in [0.15, 0.2) is 0 Å². The average molecular weight is 316 g/mol. The lowest BCUT2D eigenvalue weighted by molar-refractivity contribution is 0.737. The molecular weight excluding hydrogens is 270 g/mol. The van der Waals surface area contributed by atoms with E-state index in [2.05, 4.69) is 64.4 Å². The van der Waals surface area contributed by atoms with Gasteiger partial charge in [0.1, 0.15) is 0 Å². The summed E-state index contributed by atoms with van der Waals surface area (Å²) >= 11 is 0. The van der Waals surface area contributed by atoms with Gasteiger partial charge in [0, 0.05) is 6.20 Å². The topological polar surface area (TPSA) is 64.4 Å². The van der Waals surface area contributed by atoms with E-state index in [4.69, 9.17) is 5.73 Å². The van der Waals surface area contributed by atoms with Crippen molar-refractivity contribution in [1.82, 2.24) is 0 Å². The van der Waals surface area contributed by atoms with Gasteiger partial charge in [0.2, 0.25) is 0 Å². The molecule has 0 atom stereocenters. The summed E-state index contributed by atoms with van der Waals surface area (Å²) in [5, 5.41) is 0. The summed E-state index contributed by atoms with van der Waals surface area (Å²) in [6.45, 7) is 32.3. The van der Waals surface area contributed by atoms with Crippen molar-refractivity contribution in [3.8, 4) is 0 Å². The predicted octanol–water partition coefficient (Wildman–Crippen LogP) is 5.96. The number of hydrogen-bond acceptors (Lipinski definition) is 2. The number of hydrogen-bond donors (Lipinski definition) is 2. The third-order valence-corrected chi connectivity index (χ3v) is 0.462. The molecule has 3 nitrogen and oxygen atoms in total. The first-order chi connectivity index (χ1) is 10.4. The molecule has 0 saturated heterocycles. The molecule has 0 aromatic rings. The Balaban J connectivity index is -0.0000000254. The molecule has 0 aliphatic rings. The number of nitrogens with zero attached hydrogens (tertiary/aromatic N) is 1. The van der Waals surface area contributed by atoms with Crippen LogP contribution in [-0.2, 0) is 0 Å². The van der Waals surface area contributed by atoms with Crippen LogP contribution in [0, 0.1) is 5.92 Å². The summed E-state index contributed by atoms with van der Waals surface area (Å²) in [7, 11) is 1.50. The molecule has 136 valence electrons. The van der Waals surface area contributed by atoms with E-state index in [9.17, 15) is 0 Å². The van der Waals surface area contributed by atoms with E-state index in [1.807, 2.05) is 27.7 Å². The third-order valence-electron chi connectivity index (χ3n) is 0.462. The van der Waals surface area contributed by atoms with Gasteiger partial charge in [0.05, 0.1) is 5.84 Å². The lowest BCUT2D eigenvalue weighted by Gasteiger charge is -1.79. The van der Waals surface area contributed by atoms with Crippen LogP contribution >= 0.6 is 0 Å². The van der Waals surface area contributed by atoms with Crippen LogP contribution in [0.3, 0.4) is 0 Å². The van der Waals surface area contributed by atoms with Crippen LogP contribution in [0.15, 0.2) is 56.2 Å². The number of rotatable bonds is 2. The minimum atomic E-state index is 0.546. The van der Waals surface area contributed by atoms with Crippen molar-refractivity contribution in [1.29, 1.82) is 0 Å². The molecule has 0 spiro atoms. The van der Waals surface area contributed by atoms with E-state index in [-0.39, 0.29) is 0 Å². The van der Waals surface area contributed by atoms with Crippen LogP contribution in [0.2, 0.25) is 0 Å². The largest absolute Gasteiger partial charge is 0.387 e. The lowest BCUT2D eigenvalue weighted by Crippen LogP contribution is -2.03. The fraction of sp³-hybridized carbons (Fsp3) is 0.526. The van der Waals surface area contributed by atoms with E-state index in [1.54, 1.807) is 19.1 Å². The Morgan fingerprint density at radius 2 is 1.05 bits per heavy atom. The highest BCUT2D eigenvalue weighted by atomic mass is 14.8. The Morgan fingerprint density at radius 1 is 0.864 bits per heavy atom. The van der Waals surface area contributed by atoms with E-state index in [0.717, 1.165) is 5.92 Å². The summed E-state index contributed by atoms with van der Waals surface area (Å²) in [6.07, 6.45) is 4.69. The maximum Gasteiger partial charge on any atom is 0.0957 e. The Labute approximate surface area is 142 Å². The SMILES string of the molecule is C=C.C=CC=C.C=CN=C(C)N.CC.CC.CC(C)C.CN. The zero-order valence-corrected chi connectivity index (χ0v) is 16.9. The van der Waals surface area contributed by atoms with Crippen molar-refractivity contribution >= 4 is 5.84 Å². The first-order valence-electron chi connectivity index (χ1n) is 7.64. The third kappa shape index (κ3) is 974. The highest BCUT2D eigenvalue weighted by Crippen LogP contribution is 1.81. The summed E-state index contributed by atoms with van der Waals surface area (Å²) in [5.74, 6) is 1.38. The molecule has 0 aromatic carbocycles. The summed E-state index contributed by atoms with van der Waals surface area (Å²) in [5.41, 5.74) is 9.58. The zero-order valence-electron chi connectivity index (χ0n) is 16.9. The molecular formula is C19H45N3. The molecule has 0 bridgehead atoms. The number of allylic oxidation sites excluding steroid dienone is 2. The molecule has 0 aromatic heterocycles. The molecule has 0 fully saturated rings. The van der Waals surface area contributed by atoms with Gasteiger partial charge in [-0.25, -0.2) is 4.99 Å². The number of amidine groups is 1. The molecule has 0 heterocycles. The number of aliphatic imine (C=N–C) groups is 1. The van der Waals surface area contributed by atoms with E-state index >= 15 is 0 Å². The molecule has 0 radical (unpaired) electrons. The first-order valence-corrected chi connectivity index (χ1v) is 7.64. The Bertz CT molecular complexity index is 170. The fourth-order valence-corrected chi connectivity index (χ4v) is 0.144. The second kappa shape index (κ2) is 93.2. The van der Waals surface area contributed by atoms with Gasteiger partial charge in [-0.3, -0.25) is 0 Å². The fourth-order valence-electron chi connectivity index (χ4n) is 0.144. The van der Waals surface area contributed by atoms with Crippen molar-refractivity contribution in [3.05, 3.63) is 51.2 Å². The quantitative estimate of drug-likeness (QED) is 0.286. The molecule has 22 heavy (non-hydrogen) atoms. The molecule has 3 heteroatoms. The Kier molecular flexibility index (Phi) is 181. The van der Waals surface area contributed by atoms with Gasteiger partial charge in [-0.1, -0.05) is 80.4 Å². The second-order valence-electron chi connectivity index (χ2n) is 3.16. The summed E-state index contributed by atoms with van der Waals surface area (Å²) in [4.78, 5) is 3.58. The molecule has 0 rings (SSSR count). The van der Waals surface area contributed by atoms with Crippen LogP contribution in [0.1, 0.15) is 55.4 Å². The molecule has 0 saturated carbocycles. The van der Waals surface area contributed by atoms with Crippen LogP contribution < -0.4 is 11.5 Å². The van der Waals surface area contributed by atoms with Crippen LogP contribution in [0.5, 0.6) is 0 Å². The normalized spacial score (nSPS) is 6.59. The van der Waals surface area contributed by atoms with Gasteiger partial charge in [-0.2, -0.15) is 0 Å². The van der Waals surface area contributed by atoms with E-state index < -0.39 is 0 Å². The van der Waals surface area contributed by atoms with Gasteiger partial charge in [-0.15, -0.1) is 13.2 Å². The molecule has 0 aliphatic heterocycles. The van der Waals surface area contributed by atoms with Gasteiger partial charge in [-0.05, 0) is 19.9 Å². The predicted molar refractivity (Wildman–Crippen MR) is 112 cm³/mol. The van der Waals surface area contributed by atoms with Crippen molar-refractivity contribution in [3.63, 3.8) is 0 Å². The maximum absolute atomic E-state index is 5.08. The summed E-state index contributed by atoms with van der Waals surface area (Å²) < 4.78 is 0. The standard InChI is InChI=1S/C4H8N2.C4H10.C4H6.2C2H6.C2H4.CH5N/c1-3-6-4(2)5;1-4(2)3;1-3-4-2;4*1-2/h3H,1H2,2H3,(H2,5,6);4H,1-3H3;3-4H,1-2H2;2*1-2H3;1-2H2;2H2,1H3. The van der Waals surface area contributed by atoms with Crippen molar-refractivity contribution in [2.24, 2.45) is 22.4 Å². The lowest BCUT2D eigenvalue weighted by atomic mass is 10.3. The molecule has 0 aliphatic carbocycles. The smallest absolute Gasteiger partial charge is 0.0957 e. The van der Waals surface area contributed by atoms with Gasteiger partial charge >= 0.3 is 0 Å². The van der Waals surface area contributed by atoms with E-state index in [1.165, 1.54) is 13.2 Å². The monoisotopic (exact) mass is 315 g/mol. The summed E-state index contributed by atoms with van der Waals surface area (Å²) in [6, 6.07) is 0. The average Bonchev–Trinajstić information content (AvgIpc) is 2.54. The second-order valence-corrected chi connectivity index (χ2v) is 3.16. The number of nitrogens with two attached hydrogens (primary N) is 2. The first kappa shape index (κ1) is 42.8. The van der Waals surface area contributed by atoms with E-state index in [0.29, 0.717) is 5.84 Å². The van der Waals surface area contributed by atoms with Crippen molar-refractivity contribution < 1.29 is 0 Å². The van der Waals surface area contributed by atoms with Crippen LogP contribution in [0.25, 0.3) is 0 Å². The zero-order chi connectivity index (χ0) is 20.0. The molecule has 0 amide bonds. The highest BCUT2D eigenvalue weighted by Gasteiger charge is 1.68. The van der Waals surface area contributed by atoms with Gasteiger partial charge < -0.3 is 11.5 Å². The minimum absolute atomic E-state index is 0.546. The Morgan fingerprint density at radius 3 is 1.05 bits per heavy atom. The van der Waals surface area contributed by atoms with Crippen LogP contribution in [0.4, 0.5) is 0 Å². The van der Waals surface area contributed by atoms with Crippen LogP contribution in [-0.4, -0.2) is 12.9 Å². The van der Waals surface area contributed by atoms with Crippen molar-refractivity contribution in [2.75, 3.05) is 7.05 Å². The van der Waals surface area contributed by atoms with Crippen molar-refractivity contribution in [2.45, 2.75) is 55.4 Å². The maximum atomic E-state index is 5.08. The molecule has 4 N–H and O–H groups in total. The highest BCUT2D eigenvalue weighted by molar-refractivity contribution is 5.77. The molecule has 0 unspecified atom stereocenters. The van der Waals surface area contributed by atoms with Gasteiger partial charge in [0.25, 0.3) is 0 Å². The minimum Gasteiger partial charge on any atom is -0.387 e. The Hall–Kier alpha value is -1.61.